The molecule has 1 aromatic carbocycles. The topological polar surface area (TPSA) is 66.4 Å². The summed E-state index contributed by atoms with van der Waals surface area (Å²) in [5.41, 5.74) is 1.62. The third-order valence-corrected chi connectivity index (χ3v) is 6.25. The van der Waals surface area contributed by atoms with Gasteiger partial charge in [-0.1, -0.05) is 31.2 Å². The number of aromatic nitrogens is 2. The average molecular weight is 433 g/mol. The molecule has 0 N–H and O–H groups in total. The number of likely N-dealkylation sites (N-methyl/N-ethyl adjacent to an activating group) is 1. The minimum atomic E-state index is -3.31. The highest BCUT2D eigenvalue weighted by Gasteiger charge is 2.20. The number of pyridine rings is 2. The molecule has 29 heavy (non-hydrogen) atoms. The maximum Gasteiger partial charge on any atom is 0.192 e. The van der Waals surface area contributed by atoms with Crippen LogP contribution in [0.3, 0.4) is 0 Å². The van der Waals surface area contributed by atoms with Crippen molar-refractivity contribution in [3.05, 3.63) is 48.7 Å². The fourth-order valence-electron chi connectivity index (χ4n) is 3.60. The van der Waals surface area contributed by atoms with Crippen LogP contribution in [0.4, 0.5) is 5.82 Å². The number of rotatable bonds is 4. The van der Waals surface area contributed by atoms with Crippen molar-refractivity contribution < 1.29 is 8.42 Å². The fraction of sp³-hybridized carbons (Fsp3) is 0.333. The average Bonchev–Trinajstić information content (AvgIpc) is 2.72. The lowest BCUT2D eigenvalue weighted by atomic mass is 10.1. The van der Waals surface area contributed by atoms with Crippen LogP contribution in [-0.4, -0.2) is 62.3 Å². The van der Waals surface area contributed by atoms with E-state index in [-0.39, 0.29) is 17.4 Å². The van der Waals surface area contributed by atoms with Crippen LogP contribution in [0.15, 0.2) is 53.7 Å². The molecular formula is C21H25ClN4O2S. The lowest BCUT2D eigenvalue weighted by Gasteiger charge is -2.35. The summed E-state index contributed by atoms with van der Waals surface area (Å²) in [4.78, 5) is 13.9. The number of hydrogen-bond acceptors (Lipinski definition) is 6. The molecule has 0 aliphatic carbocycles. The number of hydrogen-bond donors (Lipinski definition) is 0. The zero-order valence-electron chi connectivity index (χ0n) is 16.6. The Bertz CT molecular complexity index is 1100. The van der Waals surface area contributed by atoms with Crippen LogP contribution in [0.25, 0.3) is 22.0 Å². The number of benzene rings is 1. The largest absolute Gasteiger partial charge is 0.354 e. The van der Waals surface area contributed by atoms with Gasteiger partial charge in [0, 0.05) is 49.6 Å². The molecule has 1 saturated heterocycles. The highest BCUT2D eigenvalue weighted by Crippen LogP contribution is 2.30. The van der Waals surface area contributed by atoms with E-state index in [0.29, 0.717) is 0 Å². The van der Waals surface area contributed by atoms with Gasteiger partial charge in [-0.15, -0.1) is 12.4 Å². The summed E-state index contributed by atoms with van der Waals surface area (Å²) in [5.74, 6) is 0.982. The summed E-state index contributed by atoms with van der Waals surface area (Å²) in [6.07, 6.45) is 2.75. The minimum Gasteiger partial charge on any atom is -0.354 e. The summed E-state index contributed by atoms with van der Waals surface area (Å²) >= 11 is 0. The lowest BCUT2D eigenvalue weighted by Crippen LogP contribution is -2.46. The van der Waals surface area contributed by atoms with E-state index in [4.69, 9.17) is 4.98 Å². The normalized spacial score (nSPS) is 15.3. The molecule has 0 bridgehead atoms. The Kier molecular flexibility index (Phi) is 6.41. The molecule has 0 amide bonds. The molecule has 1 aliphatic heterocycles. The second-order valence-corrected chi connectivity index (χ2v) is 9.09. The van der Waals surface area contributed by atoms with Crippen LogP contribution in [-0.2, 0) is 9.84 Å². The number of anilines is 1. The highest BCUT2D eigenvalue weighted by atomic mass is 35.5. The molecule has 0 atom stereocenters. The van der Waals surface area contributed by atoms with E-state index < -0.39 is 9.84 Å². The van der Waals surface area contributed by atoms with Crippen molar-refractivity contribution in [3.63, 3.8) is 0 Å². The van der Waals surface area contributed by atoms with E-state index in [1.807, 2.05) is 18.2 Å². The van der Waals surface area contributed by atoms with Crippen molar-refractivity contribution in [2.24, 2.45) is 0 Å². The van der Waals surface area contributed by atoms with E-state index in [1.165, 1.54) is 0 Å². The molecule has 1 aliphatic rings. The summed E-state index contributed by atoms with van der Waals surface area (Å²) in [6.45, 7) is 7.21. The molecule has 2 aromatic heterocycles. The van der Waals surface area contributed by atoms with Gasteiger partial charge in [0.05, 0.1) is 5.69 Å². The molecule has 8 heteroatoms. The Labute approximate surface area is 177 Å². The summed E-state index contributed by atoms with van der Waals surface area (Å²) in [7, 11) is -3.31. The SMILES string of the molecule is CCN1CCN(c2nc(-c3ccc(S(C)(=O)=O)nc3)cc3ccccc23)CC1.Cl. The quantitative estimate of drug-likeness (QED) is 0.630. The van der Waals surface area contributed by atoms with Crippen LogP contribution < -0.4 is 4.90 Å². The van der Waals surface area contributed by atoms with Crippen molar-refractivity contribution in [3.8, 4) is 11.3 Å². The third kappa shape index (κ3) is 4.52. The van der Waals surface area contributed by atoms with Crippen molar-refractivity contribution in [1.82, 2.24) is 14.9 Å². The Morgan fingerprint density at radius 1 is 1.03 bits per heavy atom. The van der Waals surface area contributed by atoms with Crippen molar-refractivity contribution in [2.45, 2.75) is 11.9 Å². The number of piperazine rings is 1. The van der Waals surface area contributed by atoms with Crippen molar-refractivity contribution >= 4 is 38.8 Å². The first kappa shape index (κ1) is 21.5. The molecular weight excluding hydrogens is 408 g/mol. The first-order chi connectivity index (χ1) is 13.5. The molecule has 6 nitrogen and oxygen atoms in total. The Hall–Kier alpha value is -2.22. The van der Waals surface area contributed by atoms with Crippen LogP contribution in [0, 0.1) is 0 Å². The molecule has 0 unspecified atom stereocenters. The summed E-state index contributed by atoms with van der Waals surface area (Å²) < 4.78 is 23.4. The third-order valence-electron chi connectivity index (χ3n) is 5.25. The van der Waals surface area contributed by atoms with Gasteiger partial charge < -0.3 is 9.80 Å². The van der Waals surface area contributed by atoms with Gasteiger partial charge in [-0.2, -0.15) is 0 Å². The van der Waals surface area contributed by atoms with Crippen molar-refractivity contribution in [2.75, 3.05) is 43.9 Å². The molecule has 0 radical (unpaired) electrons. The van der Waals surface area contributed by atoms with Crippen LogP contribution >= 0.6 is 12.4 Å². The highest BCUT2D eigenvalue weighted by molar-refractivity contribution is 7.90. The molecule has 0 saturated carbocycles. The number of fused-ring (bicyclic) bond motifs is 1. The second kappa shape index (κ2) is 8.65. The maximum atomic E-state index is 11.7. The number of nitrogens with zero attached hydrogens (tertiary/aromatic N) is 4. The lowest BCUT2D eigenvalue weighted by molar-refractivity contribution is 0.271. The Morgan fingerprint density at radius 2 is 1.76 bits per heavy atom. The van der Waals surface area contributed by atoms with Gasteiger partial charge in [-0.05, 0) is 30.1 Å². The van der Waals surface area contributed by atoms with Gasteiger partial charge in [0.25, 0.3) is 0 Å². The molecule has 1 fully saturated rings. The summed E-state index contributed by atoms with van der Waals surface area (Å²) in [5, 5.41) is 2.33. The van der Waals surface area contributed by atoms with Crippen LogP contribution in [0.1, 0.15) is 6.92 Å². The van der Waals surface area contributed by atoms with Gasteiger partial charge >= 0.3 is 0 Å². The van der Waals surface area contributed by atoms with Crippen molar-refractivity contribution in [1.29, 1.82) is 0 Å². The molecule has 3 aromatic rings. The van der Waals surface area contributed by atoms with Gasteiger partial charge in [-0.3, -0.25) is 0 Å². The monoisotopic (exact) mass is 432 g/mol. The van der Waals surface area contributed by atoms with Gasteiger partial charge in [0.2, 0.25) is 0 Å². The van der Waals surface area contributed by atoms with Gasteiger partial charge in [0.15, 0.2) is 14.9 Å². The fourth-order valence-corrected chi connectivity index (χ4v) is 4.16. The first-order valence-corrected chi connectivity index (χ1v) is 11.4. The van der Waals surface area contributed by atoms with Gasteiger partial charge in [-0.25, -0.2) is 18.4 Å². The molecule has 154 valence electrons. The molecule has 4 rings (SSSR count). The Morgan fingerprint density at radius 3 is 2.38 bits per heavy atom. The standard InChI is InChI=1S/C21H24N4O2S.ClH/c1-3-24-10-12-25(13-11-24)21-18-7-5-4-6-16(18)14-19(23-21)17-8-9-20(22-15-17)28(2,26)27;/h4-9,14-15H,3,10-13H2,1-2H3;1H. The summed E-state index contributed by atoms with van der Waals surface area (Å²) in [6, 6.07) is 13.6. The van der Waals surface area contributed by atoms with Crippen LogP contribution in [0.2, 0.25) is 0 Å². The van der Waals surface area contributed by atoms with Crippen LogP contribution in [0.5, 0.6) is 0 Å². The van der Waals surface area contributed by atoms with E-state index in [1.54, 1.807) is 18.3 Å². The second-order valence-electron chi connectivity index (χ2n) is 7.13. The van der Waals surface area contributed by atoms with E-state index in [0.717, 1.165) is 66.8 Å². The Balaban J connectivity index is 0.00000240. The maximum absolute atomic E-state index is 11.7. The minimum absolute atomic E-state index is 0. The first-order valence-electron chi connectivity index (χ1n) is 9.49. The molecule has 3 heterocycles. The zero-order valence-corrected chi connectivity index (χ0v) is 18.2. The number of sulfone groups is 1. The van der Waals surface area contributed by atoms with E-state index in [9.17, 15) is 8.42 Å². The predicted molar refractivity (Wildman–Crippen MR) is 120 cm³/mol. The van der Waals surface area contributed by atoms with E-state index in [2.05, 4.69) is 33.8 Å². The predicted octanol–water partition coefficient (Wildman–Crippen LogP) is 3.26. The molecule has 0 spiro atoms. The zero-order chi connectivity index (χ0) is 19.7. The smallest absolute Gasteiger partial charge is 0.192 e. The number of halogens is 1. The van der Waals surface area contributed by atoms with Gasteiger partial charge in [0.1, 0.15) is 5.82 Å². The van der Waals surface area contributed by atoms with E-state index >= 15 is 0 Å².